The number of amides is 1. The van der Waals surface area contributed by atoms with Crippen LogP contribution in [0.5, 0.6) is 0 Å². The molecule has 0 radical (unpaired) electrons. The topological polar surface area (TPSA) is 32.7 Å². The number of hydrogen-bond donors (Lipinski definition) is 0. The van der Waals surface area contributed by atoms with Gasteiger partial charge < -0.3 is 0 Å². The number of hydrogen-bond acceptors (Lipinski definition) is 2. The van der Waals surface area contributed by atoms with Gasteiger partial charge in [0, 0.05) is 19.6 Å². The summed E-state index contributed by atoms with van der Waals surface area (Å²) in [7, 11) is 0. The zero-order chi connectivity index (χ0) is 9.97. The molecule has 1 aromatic carbocycles. The summed E-state index contributed by atoms with van der Waals surface area (Å²) in [5.74, 6) is -0.00685. The molecule has 0 spiro atoms. The van der Waals surface area contributed by atoms with Crippen molar-refractivity contribution in [2.45, 2.75) is 19.4 Å². The second-order valence-corrected chi connectivity index (χ2v) is 3.32. The van der Waals surface area contributed by atoms with Gasteiger partial charge in [-0.2, -0.15) is 5.10 Å². The number of rotatable bonds is 1. The van der Waals surface area contributed by atoms with E-state index in [1.807, 2.05) is 30.3 Å². The smallest absolute Gasteiger partial charge is 0.240 e. The van der Waals surface area contributed by atoms with Gasteiger partial charge in [-0.1, -0.05) is 30.3 Å². The Morgan fingerprint density at radius 1 is 1.43 bits per heavy atom. The minimum atomic E-state index is -0.00685. The third-order valence-electron chi connectivity index (χ3n) is 2.34. The Morgan fingerprint density at radius 3 is 2.79 bits per heavy atom. The molecule has 0 saturated heterocycles. The van der Waals surface area contributed by atoms with E-state index >= 15 is 0 Å². The van der Waals surface area contributed by atoms with E-state index in [4.69, 9.17) is 0 Å². The summed E-state index contributed by atoms with van der Waals surface area (Å²) in [6.07, 6.45) is 2.60. The van der Waals surface area contributed by atoms with Gasteiger partial charge in [0.05, 0.1) is 6.04 Å². The zero-order valence-corrected chi connectivity index (χ0v) is 8.05. The Balaban J connectivity index is 2.24. The molecule has 3 nitrogen and oxygen atoms in total. The quantitative estimate of drug-likeness (QED) is 0.663. The van der Waals surface area contributed by atoms with Crippen LogP contribution in [0.1, 0.15) is 24.9 Å². The van der Waals surface area contributed by atoms with Gasteiger partial charge in [-0.3, -0.25) is 4.79 Å². The molecule has 72 valence electrons. The van der Waals surface area contributed by atoms with Crippen LogP contribution in [0.4, 0.5) is 0 Å². The highest BCUT2D eigenvalue weighted by atomic mass is 16.2. The third kappa shape index (κ3) is 1.53. The van der Waals surface area contributed by atoms with Crippen LogP contribution in [0.15, 0.2) is 35.4 Å². The first-order chi connectivity index (χ1) is 6.79. The predicted octanol–water partition coefficient (Wildman–Crippen LogP) is 1.97. The summed E-state index contributed by atoms with van der Waals surface area (Å²) in [6.45, 7) is 1.54. The highest BCUT2D eigenvalue weighted by Gasteiger charge is 2.25. The van der Waals surface area contributed by atoms with Crippen molar-refractivity contribution >= 4 is 12.1 Å². The van der Waals surface area contributed by atoms with E-state index in [0.717, 1.165) is 12.0 Å². The van der Waals surface area contributed by atoms with Crippen LogP contribution in [-0.2, 0) is 4.79 Å². The van der Waals surface area contributed by atoms with Crippen molar-refractivity contribution < 1.29 is 4.79 Å². The lowest BCUT2D eigenvalue weighted by molar-refractivity contribution is -0.130. The van der Waals surface area contributed by atoms with Crippen molar-refractivity contribution in [2.75, 3.05) is 0 Å². The van der Waals surface area contributed by atoms with Gasteiger partial charge in [-0.25, -0.2) is 5.01 Å². The highest BCUT2D eigenvalue weighted by molar-refractivity contribution is 5.77. The minimum Gasteiger partial charge on any atom is -0.273 e. The van der Waals surface area contributed by atoms with E-state index in [-0.39, 0.29) is 11.9 Å². The second kappa shape index (κ2) is 3.62. The zero-order valence-electron chi connectivity index (χ0n) is 8.05. The monoisotopic (exact) mass is 188 g/mol. The molecular formula is C11H12N2O. The fraction of sp³-hybridized carbons (Fsp3) is 0.273. The fourth-order valence-corrected chi connectivity index (χ4v) is 1.67. The molecular weight excluding hydrogens is 176 g/mol. The molecule has 0 aromatic heterocycles. The molecule has 1 aliphatic rings. The van der Waals surface area contributed by atoms with Crippen molar-refractivity contribution in [1.82, 2.24) is 5.01 Å². The molecule has 0 fully saturated rings. The number of hydrazone groups is 1. The summed E-state index contributed by atoms with van der Waals surface area (Å²) in [5.41, 5.74) is 1.14. The van der Waals surface area contributed by atoms with Crippen LogP contribution in [0, 0.1) is 0 Å². The van der Waals surface area contributed by atoms with Crippen molar-refractivity contribution in [3.05, 3.63) is 35.9 Å². The van der Waals surface area contributed by atoms with Crippen molar-refractivity contribution in [3.8, 4) is 0 Å². The van der Waals surface area contributed by atoms with E-state index in [1.165, 1.54) is 5.01 Å². The minimum absolute atomic E-state index is 0.00685. The largest absolute Gasteiger partial charge is 0.273 e. The SMILES string of the molecule is CC(=O)N1N=CC[C@@H]1c1ccccc1. The number of carbonyl (C=O) groups is 1. The summed E-state index contributed by atoms with van der Waals surface area (Å²) in [5, 5.41) is 5.59. The molecule has 1 aromatic rings. The first-order valence-corrected chi connectivity index (χ1v) is 4.66. The van der Waals surface area contributed by atoms with Gasteiger partial charge in [0.1, 0.15) is 0 Å². The van der Waals surface area contributed by atoms with Crippen LogP contribution in [0.25, 0.3) is 0 Å². The fourth-order valence-electron chi connectivity index (χ4n) is 1.67. The van der Waals surface area contributed by atoms with Gasteiger partial charge in [-0.05, 0) is 5.56 Å². The summed E-state index contributed by atoms with van der Waals surface area (Å²) < 4.78 is 0. The number of benzene rings is 1. The second-order valence-electron chi connectivity index (χ2n) is 3.32. The van der Waals surface area contributed by atoms with Gasteiger partial charge in [0.15, 0.2) is 0 Å². The normalized spacial score (nSPS) is 20.1. The van der Waals surface area contributed by atoms with Crippen molar-refractivity contribution in [3.63, 3.8) is 0 Å². The molecule has 2 rings (SSSR count). The van der Waals surface area contributed by atoms with Crippen LogP contribution < -0.4 is 0 Å². The van der Waals surface area contributed by atoms with Crippen LogP contribution in [0.2, 0.25) is 0 Å². The summed E-state index contributed by atoms with van der Waals surface area (Å²) in [6, 6.07) is 10.1. The molecule has 3 heteroatoms. The van der Waals surface area contributed by atoms with E-state index in [1.54, 1.807) is 13.1 Å². The summed E-state index contributed by atoms with van der Waals surface area (Å²) >= 11 is 0. The Labute approximate surface area is 83.0 Å². The molecule has 1 aliphatic heterocycles. The molecule has 1 heterocycles. The van der Waals surface area contributed by atoms with Crippen molar-refractivity contribution in [1.29, 1.82) is 0 Å². The first kappa shape index (κ1) is 8.94. The Morgan fingerprint density at radius 2 is 2.14 bits per heavy atom. The third-order valence-corrected chi connectivity index (χ3v) is 2.34. The number of nitrogens with zero attached hydrogens (tertiary/aromatic N) is 2. The highest BCUT2D eigenvalue weighted by Crippen LogP contribution is 2.27. The van der Waals surface area contributed by atoms with Crippen LogP contribution in [-0.4, -0.2) is 17.1 Å². The lowest BCUT2D eigenvalue weighted by Gasteiger charge is -2.20. The van der Waals surface area contributed by atoms with Crippen LogP contribution in [0.3, 0.4) is 0 Å². The van der Waals surface area contributed by atoms with Gasteiger partial charge in [-0.15, -0.1) is 0 Å². The molecule has 0 aliphatic carbocycles. The molecule has 1 amide bonds. The molecule has 0 N–H and O–H groups in total. The summed E-state index contributed by atoms with van der Waals surface area (Å²) in [4.78, 5) is 11.2. The van der Waals surface area contributed by atoms with E-state index < -0.39 is 0 Å². The Bertz CT molecular complexity index is 359. The molecule has 0 saturated carbocycles. The molecule has 14 heavy (non-hydrogen) atoms. The lowest BCUT2D eigenvalue weighted by atomic mass is 10.0. The van der Waals surface area contributed by atoms with Gasteiger partial charge >= 0.3 is 0 Å². The number of carbonyl (C=O) groups excluding carboxylic acids is 1. The average molecular weight is 188 g/mol. The van der Waals surface area contributed by atoms with Gasteiger partial charge in [0.2, 0.25) is 5.91 Å². The Kier molecular flexibility index (Phi) is 2.31. The standard InChI is InChI=1S/C11H12N2O/c1-9(14)13-11(7-8-12-13)10-5-3-2-4-6-10/h2-6,8,11H,7H2,1H3/t11-/m1/s1. The van der Waals surface area contributed by atoms with Crippen molar-refractivity contribution in [2.24, 2.45) is 5.10 Å². The van der Waals surface area contributed by atoms with E-state index in [2.05, 4.69) is 5.10 Å². The van der Waals surface area contributed by atoms with Gasteiger partial charge in [0.25, 0.3) is 0 Å². The molecule has 1 atom stereocenters. The molecule has 0 unspecified atom stereocenters. The predicted molar refractivity (Wildman–Crippen MR) is 54.8 cm³/mol. The maximum atomic E-state index is 11.2. The maximum absolute atomic E-state index is 11.2. The van der Waals surface area contributed by atoms with E-state index in [0.29, 0.717) is 0 Å². The van der Waals surface area contributed by atoms with Crippen LogP contribution >= 0.6 is 0 Å². The lowest BCUT2D eigenvalue weighted by Crippen LogP contribution is -2.24. The van der Waals surface area contributed by atoms with E-state index in [9.17, 15) is 4.79 Å². The first-order valence-electron chi connectivity index (χ1n) is 4.66. The molecule has 0 bridgehead atoms. The maximum Gasteiger partial charge on any atom is 0.240 e. The Hall–Kier alpha value is -1.64. The average Bonchev–Trinajstić information content (AvgIpc) is 2.67.